The molecule has 9 heteroatoms. The number of ether oxygens (including phenoxy) is 4. The Morgan fingerprint density at radius 3 is 2.39 bits per heavy atom. The molecule has 0 saturated heterocycles. The lowest BCUT2D eigenvalue weighted by Gasteiger charge is -2.16. The van der Waals surface area contributed by atoms with Crippen LogP contribution in [-0.4, -0.2) is 38.8 Å². The highest BCUT2D eigenvalue weighted by molar-refractivity contribution is 5.98. The molecule has 0 aliphatic heterocycles. The second-order valence-corrected chi connectivity index (χ2v) is 5.51. The smallest absolute Gasteiger partial charge is 0.387 e. The average Bonchev–Trinajstić information content (AvgIpc) is 2.67. The summed E-state index contributed by atoms with van der Waals surface area (Å²) in [5, 5.41) is 2.59. The van der Waals surface area contributed by atoms with Gasteiger partial charge in [0.15, 0.2) is 6.10 Å². The number of carbonyl (C=O) groups is 2. The van der Waals surface area contributed by atoms with E-state index < -0.39 is 24.6 Å². The summed E-state index contributed by atoms with van der Waals surface area (Å²) in [6.45, 7) is -1.65. The van der Waals surface area contributed by atoms with Crippen LogP contribution in [0.5, 0.6) is 17.2 Å². The van der Waals surface area contributed by atoms with Crippen LogP contribution in [-0.2, 0) is 9.53 Å². The number of nitrogens with one attached hydrogen (secondary N) is 1. The van der Waals surface area contributed by atoms with Crippen molar-refractivity contribution < 1.29 is 37.3 Å². The van der Waals surface area contributed by atoms with Gasteiger partial charge in [0.05, 0.1) is 25.5 Å². The lowest BCUT2D eigenvalue weighted by atomic mass is 10.2. The van der Waals surface area contributed by atoms with Crippen molar-refractivity contribution in [3.05, 3.63) is 48.0 Å². The van der Waals surface area contributed by atoms with Crippen LogP contribution in [0.1, 0.15) is 17.3 Å². The van der Waals surface area contributed by atoms with Crippen LogP contribution in [0.4, 0.5) is 14.5 Å². The van der Waals surface area contributed by atoms with Crippen LogP contribution in [0.2, 0.25) is 0 Å². The molecule has 2 aromatic carbocycles. The standard InChI is InChI=1S/C19H19F2NO6/c1-11(17(23)22-15-10-13(25-2)7-8-16(15)26-3)27-18(24)12-5-4-6-14(9-12)28-19(20)21/h4-11,19H,1-3H3,(H,22,23). The van der Waals surface area contributed by atoms with Gasteiger partial charge in [-0.2, -0.15) is 8.78 Å². The van der Waals surface area contributed by atoms with Crippen molar-refractivity contribution in [1.82, 2.24) is 0 Å². The highest BCUT2D eigenvalue weighted by atomic mass is 19.3. The zero-order valence-corrected chi connectivity index (χ0v) is 15.4. The molecule has 7 nitrogen and oxygen atoms in total. The van der Waals surface area contributed by atoms with E-state index in [0.29, 0.717) is 17.2 Å². The largest absolute Gasteiger partial charge is 0.497 e. The predicted molar refractivity (Wildman–Crippen MR) is 96.1 cm³/mol. The maximum atomic E-state index is 12.4. The summed E-state index contributed by atoms with van der Waals surface area (Å²) >= 11 is 0. The Kier molecular flexibility index (Phi) is 7.14. The number of carbonyl (C=O) groups excluding carboxylic acids is 2. The molecule has 1 unspecified atom stereocenters. The van der Waals surface area contributed by atoms with Crippen molar-refractivity contribution in [2.24, 2.45) is 0 Å². The number of methoxy groups -OCH3 is 2. The Hall–Kier alpha value is -3.36. The van der Waals surface area contributed by atoms with Crippen molar-refractivity contribution in [3.63, 3.8) is 0 Å². The fourth-order valence-electron chi connectivity index (χ4n) is 2.23. The van der Waals surface area contributed by atoms with Crippen molar-refractivity contribution in [3.8, 4) is 17.2 Å². The summed E-state index contributed by atoms with van der Waals surface area (Å²) < 4.78 is 44.2. The highest BCUT2D eigenvalue weighted by Crippen LogP contribution is 2.29. The molecule has 150 valence electrons. The molecule has 0 aliphatic rings. The second-order valence-electron chi connectivity index (χ2n) is 5.51. The van der Waals surface area contributed by atoms with Crippen molar-refractivity contribution in [1.29, 1.82) is 0 Å². The van der Waals surface area contributed by atoms with Gasteiger partial charge in [-0.25, -0.2) is 4.79 Å². The van der Waals surface area contributed by atoms with Gasteiger partial charge >= 0.3 is 12.6 Å². The molecule has 1 amide bonds. The summed E-state index contributed by atoms with van der Waals surface area (Å²) in [5.41, 5.74) is 0.304. The Morgan fingerprint density at radius 2 is 1.75 bits per heavy atom. The molecular weight excluding hydrogens is 376 g/mol. The van der Waals surface area contributed by atoms with Crippen molar-refractivity contribution in [2.45, 2.75) is 19.6 Å². The van der Waals surface area contributed by atoms with Gasteiger partial charge in [-0.1, -0.05) is 6.07 Å². The lowest BCUT2D eigenvalue weighted by Crippen LogP contribution is -2.30. The minimum absolute atomic E-state index is 0.0308. The van der Waals surface area contributed by atoms with Crippen LogP contribution in [0.15, 0.2) is 42.5 Å². The Labute approximate surface area is 160 Å². The zero-order chi connectivity index (χ0) is 20.7. The topological polar surface area (TPSA) is 83.1 Å². The summed E-state index contributed by atoms with van der Waals surface area (Å²) in [7, 11) is 2.92. The van der Waals surface area contributed by atoms with E-state index in [0.717, 1.165) is 6.07 Å². The normalized spacial score (nSPS) is 11.5. The molecule has 0 aromatic heterocycles. The van der Waals surface area contributed by atoms with Gasteiger partial charge in [0, 0.05) is 6.07 Å². The van der Waals surface area contributed by atoms with Crippen molar-refractivity contribution in [2.75, 3.05) is 19.5 Å². The first-order valence-electron chi connectivity index (χ1n) is 8.12. The number of anilines is 1. The van der Waals surface area contributed by atoms with Gasteiger partial charge in [-0.05, 0) is 37.3 Å². The van der Waals surface area contributed by atoms with E-state index >= 15 is 0 Å². The summed E-state index contributed by atoms with van der Waals surface area (Å²) in [6.07, 6.45) is -1.16. The minimum atomic E-state index is -3.02. The third-order valence-electron chi connectivity index (χ3n) is 3.61. The Bertz CT molecular complexity index is 843. The number of hydrogen-bond donors (Lipinski definition) is 1. The third kappa shape index (κ3) is 5.57. The first-order valence-corrected chi connectivity index (χ1v) is 8.12. The van der Waals surface area contributed by atoms with E-state index in [9.17, 15) is 18.4 Å². The lowest BCUT2D eigenvalue weighted by molar-refractivity contribution is -0.123. The van der Waals surface area contributed by atoms with E-state index in [1.165, 1.54) is 39.3 Å². The molecule has 2 aromatic rings. The van der Waals surface area contributed by atoms with E-state index in [2.05, 4.69) is 10.1 Å². The van der Waals surface area contributed by atoms with Crippen LogP contribution in [0.3, 0.4) is 0 Å². The zero-order valence-electron chi connectivity index (χ0n) is 15.4. The molecule has 0 radical (unpaired) electrons. The van der Waals surface area contributed by atoms with E-state index in [-0.39, 0.29) is 11.3 Å². The number of amides is 1. The average molecular weight is 395 g/mol. The number of rotatable bonds is 8. The molecule has 28 heavy (non-hydrogen) atoms. The number of hydrogen-bond acceptors (Lipinski definition) is 6. The molecule has 0 aliphatic carbocycles. The maximum absolute atomic E-state index is 12.4. The fraction of sp³-hybridized carbons (Fsp3) is 0.263. The van der Waals surface area contributed by atoms with E-state index in [4.69, 9.17) is 14.2 Å². The van der Waals surface area contributed by atoms with E-state index in [1.54, 1.807) is 18.2 Å². The Morgan fingerprint density at radius 1 is 1.00 bits per heavy atom. The van der Waals surface area contributed by atoms with Gasteiger partial charge < -0.3 is 24.3 Å². The SMILES string of the molecule is COc1ccc(OC)c(NC(=O)C(C)OC(=O)c2cccc(OC(F)F)c2)c1. The number of esters is 1. The second kappa shape index (κ2) is 9.54. The molecule has 0 fully saturated rings. The van der Waals surface area contributed by atoms with E-state index in [1.807, 2.05) is 0 Å². The maximum Gasteiger partial charge on any atom is 0.387 e. The molecule has 0 bridgehead atoms. The first-order chi connectivity index (χ1) is 13.3. The molecule has 2 rings (SSSR count). The van der Waals surface area contributed by atoms with Gasteiger partial charge in [0.25, 0.3) is 5.91 Å². The quantitative estimate of drug-likeness (QED) is 0.689. The summed E-state index contributed by atoms with van der Waals surface area (Å²) in [5.74, 6) is -0.774. The fourth-order valence-corrected chi connectivity index (χ4v) is 2.23. The van der Waals surface area contributed by atoms with Gasteiger partial charge in [-0.15, -0.1) is 0 Å². The molecule has 1 atom stereocenters. The first kappa shape index (κ1) is 20.9. The highest BCUT2D eigenvalue weighted by Gasteiger charge is 2.21. The summed E-state index contributed by atoms with van der Waals surface area (Å²) in [6, 6.07) is 9.91. The monoisotopic (exact) mass is 395 g/mol. The third-order valence-corrected chi connectivity index (χ3v) is 3.61. The van der Waals surface area contributed by atoms with Crippen LogP contribution in [0.25, 0.3) is 0 Å². The van der Waals surface area contributed by atoms with Crippen molar-refractivity contribution >= 4 is 17.6 Å². The van der Waals surface area contributed by atoms with Gasteiger partial charge in [-0.3, -0.25) is 4.79 Å². The molecule has 0 spiro atoms. The Balaban J connectivity index is 2.05. The molecule has 1 N–H and O–H groups in total. The molecular formula is C19H19F2NO6. The number of halogens is 2. The minimum Gasteiger partial charge on any atom is -0.497 e. The number of benzene rings is 2. The summed E-state index contributed by atoms with van der Waals surface area (Å²) in [4.78, 5) is 24.5. The van der Waals surface area contributed by atoms with Gasteiger partial charge in [0.1, 0.15) is 17.2 Å². The van der Waals surface area contributed by atoms with Crippen LogP contribution in [0, 0.1) is 0 Å². The van der Waals surface area contributed by atoms with Crippen LogP contribution < -0.4 is 19.5 Å². The molecule has 0 heterocycles. The number of alkyl halides is 2. The predicted octanol–water partition coefficient (Wildman–Crippen LogP) is 3.49. The van der Waals surface area contributed by atoms with Crippen LogP contribution >= 0.6 is 0 Å². The molecule has 0 saturated carbocycles. The van der Waals surface area contributed by atoms with Gasteiger partial charge in [0.2, 0.25) is 0 Å².